The lowest BCUT2D eigenvalue weighted by Gasteiger charge is -2.38. The van der Waals surface area contributed by atoms with Gasteiger partial charge in [-0.3, -0.25) is 4.79 Å². The Morgan fingerprint density at radius 3 is 2.84 bits per heavy atom. The van der Waals surface area contributed by atoms with Gasteiger partial charge in [0, 0.05) is 10.9 Å². The van der Waals surface area contributed by atoms with Crippen LogP contribution in [0.5, 0.6) is 0 Å². The second-order valence-corrected chi connectivity index (χ2v) is 6.29. The van der Waals surface area contributed by atoms with Gasteiger partial charge in [-0.1, -0.05) is 35.3 Å². The van der Waals surface area contributed by atoms with E-state index in [-0.39, 0.29) is 0 Å². The quantitative estimate of drug-likeness (QED) is 0.893. The molecule has 0 fully saturated rings. The molecule has 1 aromatic carbocycles. The molecule has 0 saturated heterocycles. The minimum Gasteiger partial charge on any atom is -0.481 e. The molecule has 4 heteroatoms. The molecule has 3 nitrogen and oxygen atoms in total. The van der Waals surface area contributed by atoms with Gasteiger partial charge in [-0.2, -0.15) is 0 Å². The summed E-state index contributed by atoms with van der Waals surface area (Å²) in [7, 11) is 0. The SMILES string of the molecule is CCCC(C(=O)O)C1(O)CCc2cc(Br)ccc2C1. The number of hydrogen-bond donors (Lipinski definition) is 2. The largest absolute Gasteiger partial charge is 0.481 e. The molecule has 19 heavy (non-hydrogen) atoms. The Kier molecular flexibility index (Phi) is 4.31. The van der Waals surface area contributed by atoms with Crippen molar-refractivity contribution in [1.82, 2.24) is 0 Å². The Morgan fingerprint density at radius 1 is 1.47 bits per heavy atom. The van der Waals surface area contributed by atoms with Crippen LogP contribution in [-0.2, 0) is 17.6 Å². The molecular formula is C15H19BrO3. The number of aryl methyl sites for hydroxylation is 1. The highest BCUT2D eigenvalue weighted by molar-refractivity contribution is 9.10. The van der Waals surface area contributed by atoms with Gasteiger partial charge >= 0.3 is 5.97 Å². The van der Waals surface area contributed by atoms with E-state index < -0.39 is 17.5 Å². The van der Waals surface area contributed by atoms with Gasteiger partial charge in [0.25, 0.3) is 0 Å². The molecule has 0 bridgehead atoms. The average Bonchev–Trinajstić information content (AvgIpc) is 2.36. The molecule has 104 valence electrons. The van der Waals surface area contributed by atoms with Gasteiger partial charge in [0.2, 0.25) is 0 Å². The molecule has 1 aliphatic carbocycles. The van der Waals surface area contributed by atoms with Gasteiger partial charge in [-0.15, -0.1) is 0 Å². The van der Waals surface area contributed by atoms with Crippen molar-refractivity contribution < 1.29 is 15.0 Å². The van der Waals surface area contributed by atoms with Crippen LogP contribution >= 0.6 is 15.9 Å². The molecule has 0 radical (unpaired) electrons. The number of rotatable bonds is 4. The lowest BCUT2D eigenvalue weighted by Crippen LogP contribution is -2.46. The van der Waals surface area contributed by atoms with Crippen molar-refractivity contribution in [1.29, 1.82) is 0 Å². The van der Waals surface area contributed by atoms with Crippen LogP contribution in [0, 0.1) is 5.92 Å². The van der Waals surface area contributed by atoms with Crippen molar-refractivity contribution in [3.63, 3.8) is 0 Å². The van der Waals surface area contributed by atoms with Crippen LogP contribution in [0.2, 0.25) is 0 Å². The Labute approximate surface area is 121 Å². The highest BCUT2D eigenvalue weighted by atomic mass is 79.9. The number of halogens is 1. The summed E-state index contributed by atoms with van der Waals surface area (Å²) in [5, 5.41) is 20.1. The van der Waals surface area contributed by atoms with E-state index in [9.17, 15) is 15.0 Å². The fourth-order valence-corrected chi connectivity index (χ4v) is 3.39. The predicted molar refractivity (Wildman–Crippen MR) is 77.2 cm³/mol. The van der Waals surface area contributed by atoms with Crippen molar-refractivity contribution in [2.75, 3.05) is 0 Å². The smallest absolute Gasteiger partial charge is 0.309 e. The molecular weight excluding hydrogens is 308 g/mol. The van der Waals surface area contributed by atoms with Crippen molar-refractivity contribution >= 4 is 21.9 Å². The summed E-state index contributed by atoms with van der Waals surface area (Å²) in [5.74, 6) is -1.56. The Balaban J connectivity index is 2.27. The highest BCUT2D eigenvalue weighted by Gasteiger charge is 2.43. The summed E-state index contributed by atoms with van der Waals surface area (Å²) in [4.78, 5) is 11.4. The second kappa shape index (κ2) is 5.63. The normalized spacial score (nSPS) is 23.7. The van der Waals surface area contributed by atoms with Crippen molar-refractivity contribution in [3.8, 4) is 0 Å². The summed E-state index contributed by atoms with van der Waals surface area (Å²) >= 11 is 3.44. The van der Waals surface area contributed by atoms with E-state index in [0.717, 1.165) is 22.9 Å². The Bertz CT molecular complexity index is 486. The van der Waals surface area contributed by atoms with Gasteiger partial charge in [-0.25, -0.2) is 0 Å². The van der Waals surface area contributed by atoms with Gasteiger partial charge in [0.15, 0.2) is 0 Å². The number of carboxylic acid groups (broad SMARTS) is 1. The zero-order valence-electron chi connectivity index (χ0n) is 11.0. The van der Waals surface area contributed by atoms with Crippen LogP contribution in [0.1, 0.15) is 37.3 Å². The molecule has 2 unspecified atom stereocenters. The van der Waals surface area contributed by atoms with Gasteiger partial charge in [0.05, 0.1) is 11.5 Å². The van der Waals surface area contributed by atoms with E-state index in [2.05, 4.69) is 22.0 Å². The molecule has 0 heterocycles. The number of fused-ring (bicyclic) bond motifs is 1. The molecule has 0 aliphatic heterocycles. The standard InChI is InChI=1S/C15H19BrO3/c1-2-3-13(14(17)18)15(19)7-6-10-8-12(16)5-4-11(10)9-15/h4-5,8,13,19H,2-3,6-7,9H2,1H3,(H,17,18). The summed E-state index contributed by atoms with van der Waals surface area (Å²) in [6.07, 6.45) is 2.99. The number of benzene rings is 1. The second-order valence-electron chi connectivity index (χ2n) is 5.37. The molecule has 0 saturated carbocycles. The minimum absolute atomic E-state index is 0.437. The summed E-state index contributed by atoms with van der Waals surface area (Å²) in [6, 6.07) is 5.99. The molecule has 1 aromatic rings. The van der Waals surface area contributed by atoms with E-state index >= 15 is 0 Å². The molecule has 2 rings (SSSR count). The molecule has 0 spiro atoms. The average molecular weight is 327 g/mol. The maximum Gasteiger partial charge on any atom is 0.309 e. The summed E-state index contributed by atoms with van der Waals surface area (Å²) in [6.45, 7) is 1.95. The third kappa shape index (κ3) is 3.00. The third-order valence-corrected chi connectivity index (χ3v) is 4.51. The summed E-state index contributed by atoms with van der Waals surface area (Å²) in [5.41, 5.74) is 1.17. The predicted octanol–water partition coefficient (Wildman–Crippen LogP) is 3.17. The first-order valence-corrected chi connectivity index (χ1v) is 7.48. The zero-order chi connectivity index (χ0) is 14.0. The van der Waals surface area contributed by atoms with Crippen LogP contribution in [0.25, 0.3) is 0 Å². The lowest BCUT2D eigenvalue weighted by atomic mass is 9.72. The zero-order valence-corrected chi connectivity index (χ0v) is 12.6. The number of aliphatic hydroxyl groups is 1. The molecule has 2 atom stereocenters. The first-order chi connectivity index (χ1) is 8.96. The number of carboxylic acids is 1. The number of aliphatic carboxylic acids is 1. The van der Waals surface area contributed by atoms with Gasteiger partial charge in [-0.05, 0) is 42.5 Å². The van der Waals surface area contributed by atoms with Gasteiger partial charge < -0.3 is 10.2 Å². The van der Waals surface area contributed by atoms with Crippen LogP contribution in [0.3, 0.4) is 0 Å². The Morgan fingerprint density at radius 2 is 2.21 bits per heavy atom. The van der Waals surface area contributed by atoms with E-state index in [1.54, 1.807) is 0 Å². The molecule has 0 amide bonds. The fourth-order valence-electron chi connectivity index (χ4n) is 2.98. The van der Waals surface area contributed by atoms with Crippen LogP contribution < -0.4 is 0 Å². The van der Waals surface area contributed by atoms with Crippen LogP contribution in [0.4, 0.5) is 0 Å². The van der Waals surface area contributed by atoms with E-state index in [1.165, 1.54) is 5.56 Å². The van der Waals surface area contributed by atoms with Crippen molar-refractivity contribution in [3.05, 3.63) is 33.8 Å². The fraction of sp³-hybridized carbons (Fsp3) is 0.533. The molecule has 1 aliphatic rings. The molecule has 0 aromatic heterocycles. The lowest BCUT2D eigenvalue weighted by molar-refractivity contribution is -0.153. The summed E-state index contributed by atoms with van der Waals surface area (Å²) < 4.78 is 1.03. The Hall–Kier alpha value is -0.870. The highest BCUT2D eigenvalue weighted by Crippen LogP contribution is 2.37. The first kappa shape index (κ1) is 14.5. The third-order valence-electron chi connectivity index (χ3n) is 4.02. The monoisotopic (exact) mass is 326 g/mol. The minimum atomic E-state index is -1.11. The topological polar surface area (TPSA) is 57.5 Å². The van der Waals surface area contributed by atoms with E-state index in [4.69, 9.17) is 0 Å². The van der Waals surface area contributed by atoms with Gasteiger partial charge in [0.1, 0.15) is 0 Å². The molecule has 2 N–H and O–H groups in total. The van der Waals surface area contributed by atoms with Crippen molar-refractivity contribution in [2.24, 2.45) is 5.92 Å². The number of hydrogen-bond acceptors (Lipinski definition) is 2. The number of carbonyl (C=O) groups is 1. The maximum atomic E-state index is 11.4. The van der Waals surface area contributed by atoms with Crippen LogP contribution in [-0.4, -0.2) is 21.8 Å². The van der Waals surface area contributed by atoms with E-state index in [1.807, 2.05) is 19.1 Å². The van der Waals surface area contributed by atoms with Crippen LogP contribution in [0.15, 0.2) is 22.7 Å². The maximum absolute atomic E-state index is 11.4. The first-order valence-electron chi connectivity index (χ1n) is 6.69. The van der Waals surface area contributed by atoms with E-state index in [0.29, 0.717) is 19.3 Å². The van der Waals surface area contributed by atoms with Crippen molar-refractivity contribution in [2.45, 2.75) is 44.6 Å².